The Morgan fingerprint density at radius 2 is 2.07 bits per heavy atom. The number of carboxylic acids is 1. The highest BCUT2D eigenvalue weighted by atomic mass is 16.5. The Hall–Kier alpha value is -1.43. The van der Waals surface area contributed by atoms with Gasteiger partial charge < -0.3 is 14.7 Å². The van der Waals surface area contributed by atoms with E-state index in [9.17, 15) is 14.4 Å². The van der Waals surface area contributed by atoms with Gasteiger partial charge in [-0.1, -0.05) is 0 Å². The normalized spacial score (nSPS) is 21.8. The van der Waals surface area contributed by atoms with Crippen molar-refractivity contribution in [2.45, 2.75) is 13.0 Å². The molecule has 78 valence electrons. The number of ether oxygens (including phenoxy) is 1. The van der Waals surface area contributed by atoms with Crippen LogP contribution in [0.1, 0.15) is 6.92 Å². The van der Waals surface area contributed by atoms with Crippen LogP contribution in [0, 0.1) is 0 Å². The van der Waals surface area contributed by atoms with Crippen LogP contribution in [-0.4, -0.2) is 53.5 Å². The van der Waals surface area contributed by atoms with Gasteiger partial charge in [-0.3, -0.25) is 9.59 Å². The van der Waals surface area contributed by atoms with Gasteiger partial charge in [0, 0.05) is 6.54 Å². The van der Waals surface area contributed by atoms with Crippen LogP contribution in [0.4, 0.5) is 0 Å². The highest BCUT2D eigenvalue weighted by Gasteiger charge is 2.32. The number of carbonyl (C=O) groups excluding carboxylic acids is 2. The minimum Gasteiger partial charge on any atom is -0.475 e. The summed E-state index contributed by atoms with van der Waals surface area (Å²) in [5.41, 5.74) is 0. The number of amides is 1. The molecule has 0 aromatic carbocycles. The van der Waals surface area contributed by atoms with Gasteiger partial charge >= 0.3 is 17.7 Å². The van der Waals surface area contributed by atoms with Gasteiger partial charge in [-0.2, -0.15) is 0 Å². The summed E-state index contributed by atoms with van der Waals surface area (Å²) in [7, 11) is 0. The highest BCUT2D eigenvalue weighted by molar-refractivity contribution is 6.61. The van der Waals surface area contributed by atoms with Crippen molar-refractivity contribution in [3.8, 4) is 0 Å². The molecule has 1 saturated heterocycles. The molecule has 1 aliphatic heterocycles. The maximum absolute atomic E-state index is 11.3. The molecule has 0 radical (unpaired) electrons. The molecule has 14 heavy (non-hydrogen) atoms. The molecule has 0 spiro atoms. The molecule has 1 heterocycles. The smallest absolute Gasteiger partial charge is 0.382 e. The summed E-state index contributed by atoms with van der Waals surface area (Å²) in [5.74, 6) is -4.07. The first-order valence-corrected chi connectivity index (χ1v) is 4.20. The molecule has 0 saturated carbocycles. The van der Waals surface area contributed by atoms with Crippen molar-refractivity contribution >= 4 is 17.7 Å². The van der Waals surface area contributed by atoms with Gasteiger partial charge in [-0.15, -0.1) is 0 Å². The van der Waals surface area contributed by atoms with Gasteiger partial charge in [-0.05, 0) is 6.92 Å². The SMILES string of the molecule is C[C@@H]1COCCN1C(=O)C(=O)C(=O)O. The standard InChI is InChI=1S/C8H11NO5/c1-5-4-14-3-2-9(5)7(11)6(10)8(12)13/h5H,2-4H2,1H3,(H,12,13)/t5-/m1/s1. The zero-order valence-corrected chi connectivity index (χ0v) is 7.73. The van der Waals surface area contributed by atoms with Gasteiger partial charge in [0.1, 0.15) is 0 Å². The third-order valence-electron chi connectivity index (χ3n) is 2.02. The number of hydrogen-bond acceptors (Lipinski definition) is 4. The van der Waals surface area contributed by atoms with Gasteiger partial charge in [-0.25, -0.2) is 4.79 Å². The molecule has 0 bridgehead atoms. The number of nitrogens with zero attached hydrogens (tertiary/aromatic N) is 1. The second-order valence-corrected chi connectivity index (χ2v) is 3.06. The average Bonchev–Trinajstić information content (AvgIpc) is 2.16. The monoisotopic (exact) mass is 201 g/mol. The largest absolute Gasteiger partial charge is 0.475 e. The minimum atomic E-state index is -1.71. The lowest BCUT2D eigenvalue weighted by Crippen LogP contribution is -2.50. The summed E-state index contributed by atoms with van der Waals surface area (Å²) in [5, 5.41) is 8.34. The number of morpholine rings is 1. The van der Waals surface area contributed by atoms with Gasteiger partial charge in [0.25, 0.3) is 0 Å². The lowest BCUT2D eigenvalue weighted by molar-refractivity contribution is -0.159. The molecular weight excluding hydrogens is 190 g/mol. The van der Waals surface area contributed by atoms with E-state index in [0.717, 1.165) is 0 Å². The van der Waals surface area contributed by atoms with Crippen molar-refractivity contribution < 1.29 is 24.2 Å². The van der Waals surface area contributed by atoms with E-state index >= 15 is 0 Å². The number of carboxylic acid groups (broad SMARTS) is 1. The Balaban J connectivity index is 2.67. The second kappa shape index (κ2) is 4.19. The molecule has 1 atom stereocenters. The average molecular weight is 201 g/mol. The summed E-state index contributed by atoms with van der Waals surface area (Å²) in [6.45, 7) is 2.63. The molecule has 1 rings (SSSR count). The second-order valence-electron chi connectivity index (χ2n) is 3.06. The van der Waals surface area contributed by atoms with Crippen LogP contribution in [-0.2, 0) is 19.1 Å². The zero-order chi connectivity index (χ0) is 10.7. The Morgan fingerprint density at radius 3 is 2.57 bits per heavy atom. The van der Waals surface area contributed by atoms with Crippen LogP contribution in [0.3, 0.4) is 0 Å². The molecule has 1 fully saturated rings. The van der Waals surface area contributed by atoms with Crippen molar-refractivity contribution in [1.29, 1.82) is 0 Å². The number of carbonyl (C=O) groups is 3. The van der Waals surface area contributed by atoms with Crippen LogP contribution in [0.5, 0.6) is 0 Å². The number of Topliss-reactive ketones (excluding diaryl/α,β-unsaturated/α-hetero) is 1. The van der Waals surface area contributed by atoms with E-state index < -0.39 is 17.7 Å². The Bertz CT molecular complexity index is 275. The molecule has 0 aliphatic carbocycles. The van der Waals surface area contributed by atoms with E-state index in [2.05, 4.69) is 0 Å². The minimum absolute atomic E-state index is 0.250. The van der Waals surface area contributed by atoms with Crippen LogP contribution < -0.4 is 0 Å². The first kappa shape index (κ1) is 10.6. The Labute approximate surface area is 80.4 Å². The first-order valence-electron chi connectivity index (χ1n) is 4.20. The fourth-order valence-corrected chi connectivity index (χ4v) is 1.25. The Kier molecular flexibility index (Phi) is 3.19. The van der Waals surface area contributed by atoms with Crippen LogP contribution in [0.2, 0.25) is 0 Å². The number of hydrogen-bond donors (Lipinski definition) is 1. The molecular formula is C8H11NO5. The van der Waals surface area contributed by atoms with E-state index in [1.54, 1.807) is 6.92 Å². The van der Waals surface area contributed by atoms with Crippen LogP contribution >= 0.6 is 0 Å². The summed E-state index contributed by atoms with van der Waals surface area (Å²) >= 11 is 0. The molecule has 0 aromatic rings. The third-order valence-corrected chi connectivity index (χ3v) is 2.02. The van der Waals surface area contributed by atoms with E-state index in [0.29, 0.717) is 13.2 Å². The van der Waals surface area contributed by atoms with Crippen molar-refractivity contribution in [3.63, 3.8) is 0 Å². The predicted octanol–water partition coefficient (Wildman–Crippen LogP) is -1.11. The molecule has 1 N–H and O–H groups in total. The fraction of sp³-hybridized carbons (Fsp3) is 0.625. The molecule has 0 aromatic heterocycles. The van der Waals surface area contributed by atoms with Crippen molar-refractivity contribution in [3.05, 3.63) is 0 Å². The molecule has 6 nitrogen and oxygen atoms in total. The maximum Gasteiger partial charge on any atom is 0.382 e. The zero-order valence-electron chi connectivity index (χ0n) is 7.73. The molecule has 6 heteroatoms. The summed E-state index contributed by atoms with van der Waals surface area (Å²) < 4.78 is 5.05. The maximum atomic E-state index is 11.3. The lowest BCUT2D eigenvalue weighted by Gasteiger charge is -2.32. The Morgan fingerprint density at radius 1 is 1.43 bits per heavy atom. The van der Waals surface area contributed by atoms with Crippen LogP contribution in [0.25, 0.3) is 0 Å². The first-order chi connectivity index (χ1) is 6.54. The van der Waals surface area contributed by atoms with E-state index in [1.807, 2.05) is 0 Å². The van der Waals surface area contributed by atoms with E-state index in [1.165, 1.54) is 4.90 Å². The summed E-state index contributed by atoms with van der Waals surface area (Å²) in [6.07, 6.45) is 0. The quantitative estimate of drug-likeness (QED) is 0.452. The molecule has 1 aliphatic rings. The number of rotatable bonds is 2. The summed E-state index contributed by atoms with van der Waals surface area (Å²) in [6, 6.07) is -0.250. The van der Waals surface area contributed by atoms with E-state index in [4.69, 9.17) is 9.84 Å². The fourth-order valence-electron chi connectivity index (χ4n) is 1.25. The van der Waals surface area contributed by atoms with Crippen molar-refractivity contribution in [2.24, 2.45) is 0 Å². The lowest BCUT2D eigenvalue weighted by atomic mass is 10.2. The number of aliphatic carboxylic acids is 1. The molecule has 0 unspecified atom stereocenters. The number of ketones is 1. The topological polar surface area (TPSA) is 83.9 Å². The van der Waals surface area contributed by atoms with Crippen molar-refractivity contribution in [1.82, 2.24) is 4.90 Å². The van der Waals surface area contributed by atoms with Gasteiger partial charge in [0.2, 0.25) is 0 Å². The van der Waals surface area contributed by atoms with Gasteiger partial charge in [0.15, 0.2) is 0 Å². The summed E-state index contributed by atoms with van der Waals surface area (Å²) in [4.78, 5) is 33.6. The predicted molar refractivity (Wildman–Crippen MR) is 44.6 cm³/mol. The van der Waals surface area contributed by atoms with E-state index in [-0.39, 0.29) is 12.6 Å². The van der Waals surface area contributed by atoms with Gasteiger partial charge in [0.05, 0.1) is 19.3 Å². The molecule has 1 amide bonds. The third kappa shape index (κ3) is 2.08. The van der Waals surface area contributed by atoms with Crippen LogP contribution in [0.15, 0.2) is 0 Å². The van der Waals surface area contributed by atoms with Crippen molar-refractivity contribution in [2.75, 3.05) is 19.8 Å². The highest BCUT2D eigenvalue weighted by Crippen LogP contribution is 2.06.